The third-order valence-electron chi connectivity index (χ3n) is 4.84. The Morgan fingerprint density at radius 3 is 2.45 bits per heavy atom. The van der Waals surface area contributed by atoms with Crippen LogP contribution in [0.4, 0.5) is 5.82 Å². The van der Waals surface area contributed by atoms with Gasteiger partial charge in [-0.25, -0.2) is 4.98 Å². The molecule has 110 valence electrons. The summed E-state index contributed by atoms with van der Waals surface area (Å²) in [5.74, 6) is 3.72. The minimum Gasteiger partial charge on any atom is -0.350 e. The molecule has 2 bridgehead atoms. The van der Waals surface area contributed by atoms with Gasteiger partial charge < -0.3 is 4.90 Å². The van der Waals surface area contributed by atoms with Crippen molar-refractivity contribution in [3.63, 3.8) is 0 Å². The molecular weight excluding hydrogens is 270 g/mol. The van der Waals surface area contributed by atoms with Crippen molar-refractivity contribution in [2.24, 2.45) is 0 Å². The van der Waals surface area contributed by atoms with Crippen LogP contribution in [-0.2, 0) is 0 Å². The van der Waals surface area contributed by atoms with Crippen LogP contribution in [0.1, 0.15) is 12.0 Å². The minimum absolute atomic E-state index is 0.594. The number of anilines is 1. The molecule has 2 fully saturated rings. The summed E-state index contributed by atoms with van der Waals surface area (Å²) in [5, 5.41) is 0. The molecule has 5 rings (SSSR count). The second-order valence-corrected chi connectivity index (χ2v) is 6.23. The van der Waals surface area contributed by atoms with E-state index in [0.29, 0.717) is 12.1 Å². The molecule has 2 aliphatic heterocycles. The maximum absolute atomic E-state index is 5.52. The van der Waals surface area contributed by atoms with E-state index in [9.17, 15) is 0 Å². The largest absolute Gasteiger partial charge is 0.350 e. The van der Waals surface area contributed by atoms with Gasteiger partial charge in [0.05, 0.1) is 5.56 Å². The summed E-state index contributed by atoms with van der Waals surface area (Å²) in [6, 6.07) is 13.6. The van der Waals surface area contributed by atoms with Crippen LogP contribution in [0.25, 0.3) is 11.1 Å². The van der Waals surface area contributed by atoms with Crippen LogP contribution >= 0.6 is 0 Å². The van der Waals surface area contributed by atoms with Gasteiger partial charge >= 0.3 is 0 Å². The summed E-state index contributed by atoms with van der Waals surface area (Å²) in [6.45, 7) is 2.19. The molecule has 0 radical (unpaired) electrons. The van der Waals surface area contributed by atoms with Gasteiger partial charge in [0.25, 0.3) is 0 Å². The lowest BCUT2D eigenvalue weighted by Crippen LogP contribution is -2.45. The van der Waals surface area contributed by atoms with Crippen molar-refractivity contribution in [3.8, 4) is 23.5 Å². The SMILES string of the molecule is C#Cc1cccnc1N1C[C@@H]2C[C@H]1CN2C.c1cc2cc-2c1. The van der Waals surface area contributed by atoms with E-state index in [-0.39, 0.29) is 0 Å². The molecule has 0 saturated carbocycles. The van der Waals surface area contributed by atoms with Crippen molar-refractivity contribution >= 4 is 5.82 Å². The lowest BCUT2D eigenvalue weighted by Gasteiger charge is -2.33. The number of aromatic nitrogens is 1. The van der Waals surface area contributed by atoms with E-state index in [4.69, 9.17) is 6.42 Å². The topological polar surface area (TPSA) is 19.4 Å². The van der Waals surface area contributed by atoms with E-state index in [1.807, 2.05) is 18.3 Å². The zero-order valence-corrected chi connectivity index (χ0v) is 12.7. The van der Waals surface area contributed by atoms with Gasteiger partial charge in [0.2, 0.25) is 0 Å². The highest BCUT2D eigenvalue weighted by Gasteiger charge is 2.42. The van der Waals surface area contributed by atoms with Crippen molar-refractivity contribution in [1.29, 1.82) is 0 Å². The lowest BCUT2D eigenvalue weighted by molar-refractivity contribution is 0.292. The van der Waals surface area contributed by atoms with Crippen LogP contribution in [0, 0.1) is 12.3 Å². The minimum atomic E-state index is 0.594. The van der Waals surface area contributed by atoms with E-state index in [2.05, 4.69) is 52.0 Å². The van der Waals surface area contributed by atoms with Gasteiger partial charge in [-0.2, -0.15) is 0 Å². The van der Waals surface area contributed by atoms with Gasteiger partial charge in [-0.1, -0.05) is 24.1 Å². The number of hydrogen-bond donors (Lipinski definition) is 0. The Kier molecular flexibility index (Phi) is 3.13. The molecule has 0 amide bonds. The second-order valence-electron chi connectivity index (χ2n) is 6.23. The fourth-order valence-electron chi connectivity index (χ4n) is 3.54. The highest BCUT2D eigenvalue weighted by Crippen LogP contribution is 2.34. The van der Waals surface area contributed by atoms with Crippen LogP contribution in [0.5, 0.6) is 0 Å². The highest BCUT2D eigenvalue weighted by molar-refractivity contribution is 5.80. The third-order valence-corrected chi connectivity index (χ3v) is 4.84. The first kappa shape index (κ1) is 13.4. The van der Waals surface area contributed by atoms with E-state index in [1.165, 1.54) is 17.5 Å². The zero-order chi connectivity index (χ0) is 15.1. The number of benzene rings is 1. The molecule has 3 heterocycles. The predicted molar refractivity (Wildman–Crippen MR) is 89.8 cm³/mol. The van der Waals surface area contributed by atoms with Gasteiger partial charge in [-0.05, 0) is 42.8 Å². The standard InChI is InChI=1S/C13H15N3.C6H4/c1-3-10-5-4-6-14-13(10)16-9-11-7-12(16)8-15(11)2;1-2-5-4-6(5)3-1/h1,4-6,11-12H,7-9H2,2H3;1-4H/t11-,12-;/m0./s1. The first-order valence-corrected chi connectivity index (χ1v) is 7.75. The maximum Gasteiger partial charge on any atom is 0.144 e. The Labute approximate surface area is 131 Å². The number of likely N-dealkylation sites (tertiary alicyclic amines) is 1. The van der Waals surface area contributed by atoms with Crippen molar-refractivity contribution in [2.75, 3.05) is 25.0 Å². The molecule has 22 heavy (non-hydrogen) atoms. The highest BCUT2D eigenvalue weighted by atomic mass is 15.4. The molecule has 1 aromatic heterocycles. The number of nitrogens with zero attached hydrogens (tertiary/aromatic N) is 3. The molecule has 0 aromatic carbocycles. The van der Waals surface area contributed by atoms with Gasteiger partial charge in [0.1, 0.15) is 5.82 Å². The summed E-state index contributed by atoms with van der Waals surface area (Å²) in [6.07, 6.45) is 8.59. The maximum atomic E-state index is 5.52. The summed E-state index contributed by atoms with van der Waals surface area (Å²) < 4.78 is 0. The molecule has 1 aromatic rings. The summed E-state index contributed by atoms with van der Waals surface area (Å²) >= 11 is 0. The Morgan fingerprint density at radius 1 is 1.14 bits per heavy atom. The number of piperazine rings is 1. The molecule has 2 saturated heterocycles. The number of fused-ring (bicyclic) bond motifs is 3. The van der Waals surface area contributed by atoms with E-state index < -0.39 is 0 Å². The summed E-state index contributed by atoms with van der Waals surface area (Å²) in [4.78, 5) is 9.25. The fraction of sp³-hybridized carbons (Fsp3) is 0.316. The Bertz CT molecular complexity index is 727. The summed E-state index contributed by atoms with van der Waals surface area (Å²) in [5.41, 5.74) is 3.77. The molecule has 0 unspecified atom stereocenters. The third kappa shape index (κ3) is 2.26. The van der Waals surface area contributed by atoms with Crippen molar-refractivity contribution in [3.05, 3.63) is 48.2 Å². The molecular formula is C19H19N3. The normalized spacial score (nSPS) is 23.7. The molecule has 3 heteroatoms. The number of pyridine rings is 1. The molecule has 2 aliphatic carbocycles. The number of likely N-dealkylation sites (N-methyl/N-ethyl adjacent to an activating group) is 1. The van der Waals surface area contributed by atoms with Crippen LogP contribution in [0.3, 0.4) is 0 Å². The number of hydrogen-bond acceptors (Lipinski definition) is 3. The zero-order valence-electron chi connectivity index (χ0n) is 12.7. The van der Waals surface area contributed by atoms with E-state index in [1.54, 1.807) is 0 Å². The Hall–Kier alpha value is -2.31. The average molecular weight is 289 g/mol. The van der Waals surface area contributed by atoms with Crippen molar-refractivity contribution in [2.45, 2.75) is 18.5 Å². The molecule has 0 spiro atoms. The molecule has 2 atom stereocenters. The molecule has 3 nitrogen and oxygen atoms in total. The van der Waals surface area contributed by atoms with Gasteiger partial charge in [0, 0.05) is 31.4 Å². The monoisotopic (exact) mass is 289 g/mol. The summed E-state index contributed by atoms with van der Waals surface area (Å²) in [7, 11) is 2.20. The fourth-order valence-corrected chi connectivity index (χ4v) is 3.54. The van der Waals surface area contributed by atoms with Crippen LogP contribution in [-0.4, -0.2) is 42.1 Å². The quantitative estimate of drug-likeness (QED) is 0.642. The Morgan fingerprint density at radius 2 is 1.95 bits per heavy atom. The van der Waals surface area contributed by atoms with Gasteiger partial charge in [-0.15, -0.1) is 6.42 Å². The predicted octanol–water partition coefficient (Wildman–Crippen LogP) is 2.62. The van der Waals surface area contributed by atoms with Crippen molar-refractivity contribution < 1.29 is 0 Å². The van der Waals surface area contributed by atoms with Crippen LogP contribution in [0.2, 0.25) is 0 Å². The van der Waals surface area contributed by atoms with Crippen LogP contribution in [0.15, 0.2) is 42.6 Å². The van der Waals surface area contributed by atoms with Gasteiger partial charge in [-0.3, -0.25) is 4.90 Å². The number of terminal acetylenes is 1. The van der Waals surface area contributed by atoms with Crippen LogP contribution < -0.4 is 4.90 Å². The Balaban J connectivity index is 0.000000172. The van der Waals surface area contributed by atoms with Crippen molar-refractivity contribution in [1.82, 2.24) is 9.88 Å². The molecule has 0 N–H and O–H groups in total. The van der Waals surface area contributed by atoms with E-state index in [0.717, 1.165) is 24.5 Å². The van der Waals surface area contributed by atoms with Gasteiger partial charge in [0.15, 0.2) is 0 Å². The first-order chi connectivity index (χ1) is 10.8. The average Bonchev–Trinajstić information content (AvgIpc) is 2.92. The lowest BCUT2D eigenvalue weighted by atomic mass is 10.2. The first-order valence-electron chi connectivity index (χ1n) is 7.75. The van der Waals surface area contributed by atoms with E-state index >= 15 is 0 Å². The second kappa shape index (κ2) is 5.15. The molecule has 4 aliphatic rings. The smallest absolute Gasteiger partial charge is 0.144 e. The number of rotatable bonds is 1.